The zero-order valence-electron chi connectivity index (χ0n) is 11.4. The van der Waals surface area contributed by atoms with E-state index in [1.807, 2.05) is 12.3 Å². The standard InChI is InChI=1S/C17H19NO/c1-11-8-12(2)10-14(9-11)17(19)15-6-5-13-4-3-7-18-16(13)15/h3-4,7-10,15,17,19H,5-6H2,1-2H3. The number of aromatic nitrogens is 1. The monoisotopic (exact) mass is 253 g/mol. The van der Waals surface area contributed by atoms with Crippen LogP contribution in [0.2, 0.25) is 0 Å². The average Bonchev–Trinajstić information content (AvgIpc) is 2.80. The van der Waals surface area contributed by atoms with Crippen molar-refractivity contribution < 1.29 is 5.11 Å². The van der Waals surface area contributed by atoms with E-state index in [9.17, 15) is 5.11 Å². The molecule has 0 saturated carbocycles. The zero-order chi connectivity index (χ0) is 13.4. The van der Waals surface area contributed by atoms with Crippen molar-refractivity contribution in [2.75, 3.05) is 0 Å². The molecule has 2 atom stereocenters. The zero-order valence-corrected chi connectivity index (χ0v) is 11.4. The molecule has 0 saturated heterocycles. The summed E-state index contributed by atoms with van der Waals surface area (Å²) in [4.78, 5) is 4.47. The molecule has 2 aromatic rings. The van der Waals surface area contributed by atoms with Gasteiger partial charge in [0.05, 0.1) is 6.10 Å². The fourth-order valence-electron chi connectivity index (χ4n) is 3.16. The van der Waals surface area contributed by atoms with Crippen molar-refractivity contribution >= 4 is 0 Å². The Morgan fingerprint density at radius 1 is 1.21 bits per heavy atom. The van der Waals surface area contributed by atoms with Crippen molar-refractivity contribution in [1.82, 2.24) is 4.98 Å². The highest BCUT2D eigenvalue weighted by molar-refractivity contribution is 5.35. The van der Waals surface area contributed by atoms with Gasteiger partial charge in [-0.25, -0.2) is 0 Å². The highest BCUT2D eigenvalue weighted by Crippen LogP contribution is 2.40. The predicted molar refractivity (Wildman–Crippen MR) is 76.2 cm³/mol. The molecule has 0 radical (unpaired) electrons. The molecule has 2 unspecified atom stereocenters. The Morgan fingerprint density at radius 3 is 2.68 bits per heavy atom. The fourth-order valence-corrected chi connectivity index (χ4v) is 3.16. The van der Waals surface area contributed by atoms with Crippen LogP contribution in [0.1, 0.15) is 46.4 Å². The summed E-state index contributed by atoms with van der Waals surface area (Å²) < 4.78 is 0. The normalized spacial score (nSPS) is 19.2. The smallest absolute Gasteiger partial charge is 0.0874 e. The van der Waals surface area contributed by atoms with Crippen LogP contribution in [-0.2, 0) is 6.42 Å². The number of hydrogen-bond donors (Lipinski definition) is 1. The summed E-state index contributed by atoms with van der Waals surface area (Å²) in [7, 11) is 0. The largest absolute Gasteiger partial charge is 0.388 e. The van der Waals surface area contributed by atoms with E-state index < -0.39 is 6.10 Å². The molecule has 1 aromatic heterocycles. The summed E-state index contributed by atoms with van der Waals surface area (Å²) in [5.74, 6) is 0.136. The molecule has 0 amide bonds. The van der Waals surface area contributed by atoms with Gasteiger partial charge in [-0.3, -0.25) is 4.98 Å². The van der Waals surface area contributed by atoms with Crippen molar-refractivity contribution in [3.05, 3.63) is 64.5 Å². The molecular weight excluding hydrogens is 234 g/mol. The highest BCUT2D eigenvalue weighted by atomic mass is 16.3. The van der Waals surface area contributed by atoms with E-state index in [2.05, 4.69) is 43.1 Å². The fraction of sp³-hybridized carbons (Fsp3) is 0.353. The number of hydrogen-bond acceptors (Lipinski definition) is 2. The Labute approximate surface area is 114 Å². The first-order valence-corrected chi connectivity index (χ1v) is 6.85. The number of rotatable bonds is 2. The van der Waals surface area contributed by atoms with E-state index >= 15 is 0 Å². The quantitative estimate of drug-likeness (QED) is 0.889. The lowest BCUT2D eigenvalue weighted by molar-refractivity contribution is 0.143. The number of benzene rings is 1. The lowest BCUT2D eigenvalue weighted by Crippen LogP contribution is -2.10. The first-order chi connectivity index (χ1) is 9.15. The van der Waals surface area contributed by atoms with E-state index in [-0.39, 0.29) is 5.92 Å². The Bertz CT molecular complexity index is 586. The van der Waals surface area contributed by atoms with Gasteiger partial charge >= 0.3 is 0 Å². The first kappa shape index (κ1) is 12.4. The lowest BCUT2D eigenvalue weighted by Gasteiger charge is -2.19. The summed E-state index contributed by atoms with van der Waals surface area (Å²) in [5.41, 5.74) is 5.78. The van der Waals surface area contributed by atoms with Crippen molar-refractivity contribution in [2.24, 2.45) is 0 Å². The van der Waals surface area contributed by atoms with Gasteiger partial charge in [-0.1, -0.05) is 35.4 Å². The Morgan fingerprint density at radius 2 is 1.95 bits per heavy atom. The van der Waals surface area contributed by atoms with Crippen LogP contribution in [0, 0.1) is 13.8 Å². The second-order valence-corrected chi connectivity index (χ2v) is 5.56. The van der Waals surface area contributed by atoms with E-state index in [1.54, 1.807) is 0 Å². The van der Waals surface area contributed by atoms with Gasteiger partial charge in [0, 0.05) is 17.8 Å². The molecule has 19 heavy (non-hydrogen) atoms. The first-order valence-electron chi connectivity index (χ1n) is 6.85. The van der Waals surface area contributed by atoms with Gasteiger partial charge in [0.25, 0.3) is 0 Å². The van der Waals surface area contributed by atoms with Crippen LogP contribution < -0.4 is 0 Å². The van der Waals surface area contributed by atoms with Crippen molar-refractivity contribution in [3.8, 4) is 0 Å². The van der Waals surface area contributed by atoms with Gasteiger partial charge in [0.2, 0.25) is 0 Å². The van der Waals surface area contributed by atoms with Gasteiger partial charge in [-0.15, -0.1) is 0 Å². The van der Waals surface area contributed by atoms with Gasteiger partial charge in [0.15, 0.2) is 0 Å². The minimum Gasteiger partial charge on any atom is -0.388 e. The molecule has 0 fully saturated rings. The van der Waals surface area contributed by atoms with E-state index in [4.69, 9.17) is 0 Å². The van der Waals surface area contributed by atoms with Crippen LogP contribution in [0.15, 0.2) is 36.5 Å². The van der Waals surface area contributed by atoms with Crippen molar-refractivity contribution in [2.45, 2.75) is 38.7 Å². The van der Waals surface area contributed by atoms with Crippen molar-refractivity contribution in [3.63, 3.8) is 0 Å². The van der Waals surface area contributed by atoms with Crippen LogP contribution >= 0.6 is 0 Å². The summed E-state index contributed by atoms with van der Waals surface area (Å²) in [6, 6.07) is 10.4. The maximum atomic E-state index is 10.7. The van der Waals surface area contributed by atoms with Crippen LogP contribution in [0.25, 0.3) is 0 Å². The molecule has 2 nitrogen and oxygen atoms in total. The third-order valence-corrected chi connectivity index (χ3v) is 3.97. The molecule has 1 N–H and O–H groups in total. The molecule has 2 heteroatoms. The maximum absolute atomic E-state index is 10.7. The summed E-state index contributed by atoms with van der Waals surface area (Å²) in [5, 5.41) is 10.7. The Hall–Kier alpha value is -1.67. The number of aliphatic hydroxyl groups excluding tert-OH is 1. The summed E-state index contributed by atoms with van der Waals surface area (Å²) in [6.45, 7) is 4.15. The molecule has 0 aliphatic heterocycles. The topological polar surface area (TPSA) is 33.1 Å². The van der Waals surface area contributed by atoms with Gasteiger partial charge in [-0.05, 0) is 43.9 Å². The third-order valence-electron chi connectivity index (χ3n) is 3.97. The Kier molecular flexibility index (Phi) is 3.11. The maximum Gasteiger partial charge on any atom is 0.0874 e. The minimum atomic E-state index is -0.449. The molecule has 0 bridgehead atoms. The van der Waals surface area contributed by atoms with Crippen LogP contribution in [0.4, 0.5) is 0 Å². The number of nitrogens with zero attached hydrogens (tertiary/aromatic N) is 1. The number of aliphatic hydroxyl groups is 1. The molecule has 1 aliphatic carbocycles. The van der Waals surface area contributed by atoms with Gasteiger partial charge in [0.1, 0.15) is 0 Å². The van der Waals surface area contributed by atoms with Gasteiger partial charge in [-0.2, -0.15) is 0 Å². The molecule has 98 valence electrons. The number of pyridine rings is 1. The summed E-state index contributed by atoms with van der Waals surface area (Å²) >= 11 is 0. The molecule has 3 rings (SSSR count). The average molecular weight is 253 g/mol. The lowest BCUT2D eigenvalue weighted by atomic mass is 9.91. The second-order valence-electron chi connectivity index (χ2n) is 5.56. The van der Waals surface area contributed by atoms with Crippen LogP contribution in [0.5, 0.6) is 0 Å². The number of fused-ring (bicyclic) bond motifs is 1. The van der Waals surface area contributed by atoms with Crippen LogP contribution in [-0.4, -0.2) is 10.1 Å². The molecular formula is C17H19NO. The minimum absolute atomic E-state index is 0.136. The molecule has 0 spiro atoms. The summed E-state index contributed by atoms with van der Waals surface area (Å²) in [6.07, 6.45) is 3.39. The second kappa shape index (κ2) is 4.78. The predicted octanol–water partition coefficient (Wildman–Crippen LogP) is 3.46. The molecule has 1 aliphatic rings. The molecule has 1 aromatic carbocycles. The third kappa shape index (κ3) is 2.28. The SMILES string of the molecule is Cc1cc(C)cc(C(O)C2CCc3cccnc32)c1. The number of aryl methyl sites for hydroxylation is 3. The van der Waals surface area contributed by atoms with E-state index in [1.165, 1.54) is 16.7 Å². The van der Waals surface area contributed by atoms with Crippen molar-refractivity contribution in [1.29, 1.82) is 0 Å². The highest BCUT2D eigenvalue weighted by Gasteiger charge is 2.30. The van der Waals surface area contributed by atoms with E-state index in [0.29, 0.717) is 0 Å². The van der Waals surface area contributed by atoms with Crippen LogP contribution in [0.3, 0.4) is 0 Å². The molecule has 1 heterocycles. The van der Waals surface area contributed by atoms with E-state index in [0.717, 1.165) is 24.1 Å². The van der Waals surface area contributed by atoms with Gasteiger partial charge < -0.3 is 5.11 Å². The Balaban J connectivity index is 1.95.